The number of unbranched alkanes of at least 4 members (excludes halogenated alkanes) is 2. The van der Waals surface area contributed by atoms with Crippen molar-refractivity contribution in [2.45, 2.75) is 39.5 Å². The minimum Gasteiger partial charge on any atom is -0.763 e. The second-order valence-corrected chi connectivity index (χ2v) is 8.54. The lowest BCUT2D eigenvalue weighted by Gasteiger charge is -2.04. The van der Waals surface area contributed by atoms with Crippen molar-refractivity contribution in [1.82, 2.24) is 4.98 Å². The summed E-state index contributed by atoms with van der Waals surface area (Å²) in [5.41, 5.74) is 2.00. The highest BCUT2D eigenvalue weighted by Crippen LogP contribution is 2.28. The van der Waals surface area contributed by atoms with Gasteiger partial charge in [0.15, 0.2) is 0 Å². The molecule has 0 saturated carbocycles. The molecule has 0 amide bonds. The number of allylic oxidation sites excluding steroid dienone is 1. The van der Waals surface area contributed by atoms with Crippen LogP contribution in [0.2, 0.25) is 5.02 Å². The third-order valence-electron chi connectivity index (χ3n) is 4.77. The second-order valence-electron chi connectivity index (χ2n) is 7.27. The second kappa shape index (κ2) is 14.5. The van der Waals surface area contributed by atoms with Crippen molar-refractivity contribution in [2.24, 2.45) is 0 Å². The summed E-state index contributed by atoms with van der Waals surface area (Å²) in [6, 6.07) is 16.3. The Balaban J connectivity index is 0.000000344. The van der Waals surface area contributed by atoms with Crippen LogP contribution in [0.5, 0.6) is 0 Å². The van der Waals surface area contributed by atoms with Gasteiger partial charge in [0.25, 0.3) is 0 Å². The Kier molecular flexibility index (Phi) is 11.6. The SMILES string of the molecule is CCCC[NH2+]CCCC.[N-]=C=C(C(=O)c1ccccc1Cl)c1nc(-c2ccccc2)cs1. The van der Waals surface area contributed by atoms with Gasteiger partial charge in [-0.15, -0.1) is 11.3 Å². The summed E-state index contributed by atoms with van der Waals surface area (Å²) in [5.74, 6) is 1.55. The van der Waals surface area contributed by atoms with Crippen LogP contribution in [-0.4, -0.2) is 29.7 Å². The zero-order valence-electron chi connectivity index (χ0n) is 18.7. The molecule has 0 atom stereocenters. The van der Waals surface area contributed by atoms with Gasteiger partial charge in [0.1, 0.15) is 5.01 Å². The van der Waals surface area contributed by atoms with Crippen LogP contribution in [0.1, 0.15) is 54.9 Å². The van der Waals surface area contributed by atoms with Crippen LogP contribution in [-0.2, 0) is 0 Å². The van der Waals surface area contributed by atoms with E-state index in [9.17, 15) is 10.2 Å². The maximum atomic E-state index is 12.6. The number of carbonyl (C=O) groups is 1. The number of carbonyl (C=O) groups excluding carboxylic acids is 1. The van der Waals surface area contributed by atoms with Gasteiger partial charge >= 0.3 is 0 Å². The van der Waals surface area contributed by atoms with Crippen LogP contribution in [0.3, 0.4) is 0 Å². The Morgan fingerprint density at radius 2 is 1.66 bits per heavy atom. The minimum atomic E-state index is -0.410. The Morgan fingerprint density at radius 3 is 2.25 bits per heavy atom. The molecule has 6 heteroatoms. The average Bonchev–Trinajstić information content (AvgIpc) is 3.31. The number of aromatic nitrogens is 1. The number of halogens is 1. The molecule has 0 aliphatic rings. The Hall–Kier alpha value is -2.56. The van der Waals surface area contributed by atoms with Gasteiger partial charge in [-0.1, -0.05) is 80.8 Å². The van der Waals surface area contributed by atoms with Crippen LogP contribution < -0.4 is 5.32 Å². The van der Waals surface area contributed by atoms with Crippen molar-refractivity contribution < 1.29 is 10.1 Å². The van der Waals surface area contributed by atoms with Gasteiger partial charge in [-0.05, 0) is 25.0 Å². The first-order valence-electron chi connectivity index (χ1n) is 11.0. The predicted molar refractivity (Wildman–Crippen MR) is 137 cm³/mol. The third-order valence-corrected chi connectivity index (χ3v) is 5.96. The van der Waals surface area contributed by atoms with Crippen LogP contribution in [0, 0.1) is 0 Å². The molecule has 0 unspecified atom stereocenters. The maximum absolute atomic E-state index is 12.6. The van der Waals surface area contributed by atoms with E-state index in [2.05, 4.69) is 24.1 Å². The van der Waals surface area contributed by atoms with Crippen LogP contribution in [0.15, 0.2) is 60.0 Å². The number of hydrogen-bond donors (Lipinski definition) is 1. The number of rotatable bonds is 10. The lowest BCUT2D eigenvalue weighted by Crippen LogP contribution is -2.84. The molecule has 1 heterocycles. The summed E-state index contributed by atoms with van der Waals surface area (Å²) in [6.07, 6.45) is 5.43. The van der Waals surface area contributed by atoms with E-state index in [1.54, 1.807) is 24.3 Å². The van der Waals surface area contributed by atoms with E-state index >= 15 is 0 Å². The number of thiazole rings is 1. The van der Waals surface area contributed by atoms with Crippen molar-refractivity contribution in [3.63, 3.8) is 0 Å². The first kappa shape index (κ1) is 25.7. The molecule has 0 aliphatic heterocycles. The third kappa shape index (κ3) is 7.85. The normalized spacial score (nSPS) is 10.1. The molecule has 0 aliphatic carbocycles. The number of Topliss-reactive ketones (excluding diaryl/α,β-unsaturated/α-hetero) is 1. The van der Waals surface area contributed by atoms with E-state index in [1.165, 1.54) is 50.1 Å². The van der Waals surface area contributed by atoms with E-state index in [4.69, 9.17) is 11.6 Å². The molecule has 0 spiro atoms. The first-order valence-corrected chi connectivity index (χ1v) is 12.3. The molecule has 2 N–H and O–H groups in total. The highest BCUT2D eigenvalue weighted by Gasteiger charge is 2.18. The van der Waals surface area contributed by atoms with Crippen molar-refractivity contribution in [1.29, 1.82) is 0 Å². The van der Waals surface area contributed by atoms with Gasteiger partial charge in [0.2, 0.25) is 5.78 Å². The number of benzene rings is 2. The number of nitrogens with zero attached hydrogens (tertiary/aromatic N) is 2. The van der Waals surface area contributed by atoms with Gasteiger partial charge in [-0.25, -0.2) is 4.98 Å². The predicted octanol–water partition coefficient (Wildman–Crippen LogP) is 6.12. The van der Waals surface area contributed by atoms with Gasteiger partial charge in [0, 0.05) is 16.5 Å². The Labute approximate surface area is 199 Å². The lowest BCUT2D eigenvalue weighted by atomic mass is 10.0. The van der Waals surface area contributed by atoms with E-state index in [1.807, 2.05) is 41.6 Å². The Morgan fingerprint density at radius 1 is 1.03 bits per heavy atom. The molecule has 1 aromatic heterocycles. The van der Waals surface area contributed by atoms with E-state index < -0.39 is 5.78 Å². The van der Waals surface area contributed by atoms with E-state index in [0.717, 1.165) is 11.3 Å². The van der Waals surface area contributed by atoms with Gasteiger partial charge in [0.05, 0.1) is 29.4 Å². The minimum absolute atomic E-state index is 0.00489. The molecular weight excluding hydrogens is 438 g/mol. The van der Waals surface area contributed by atoms with Gasteiger partial charge in [-0.3, -0.25) is 10.7 Å². The van der Waals surface area contributed by atoms with Crippen molar-refractivity contribution in [2.75, 3.05) is 13.1 Å². The molecule has 3 rings (SSSR count). The number of ketones is 1. The monoisotopic (exact) mass is 467 g/mol. The molecule has 32 heavy (non-hydrogen) atoms. The maximum Gasteiger partial charge on any atom is 0.203 e. The van der Waals surface area contributed by atoms with Crippen LogP contribution in [0.4, 0.5) is 0 Å². The fourth-order valence-corrected chi connectivity index (χ4v) is 3.99. The van der Waals surface area contributed by atoms with Gasteiger partial charge in [-0.2, -0.15) is 0 Å². The summed E-state index contributed by atoms with van der Waals surface area (Å²) < 4.78 is 0. The lowest BCUT2D eigenvalue weighted by molar-refractivity contribution is -0.655. The highest BCUT2D eigenvalue weighted by atomic mass is 35.5. The molecule has 0 fully saturated rings. The molecular formula is C26H30ClN3OS. The average molecular weight is 468 g/mol. The standard InChI is InChI=1S/C18H10ClN2OS.C8H19N/c19-15-9-5-4-8-13(15)17(22)14(10-20)18-21-16(11-23-18)12-6-2-1-3-7-12;1-3-5-7-9-8-6-4-2/h1-9,11H;9H,3-8H2,1-2H3/q-1;/p+1. The first-order chi connectivity index (χ1) is 15.6. The summed E-state index contributed by atoms with van der Waals surface area (Å²) in [5, 5.41) is 14.4. The van der Waals surface area contributed by atoms with Crippen LogP contribution >= 0.6 is 22.9 Å². The van der Waals surface area contributed by atoms with Gasteiger partial charge < -0.3 is 10.7 Å². The van der Waals surface area contributed by atoms with E-state index in [0.29, 0.717) is 15.6 Å². The molecule has 0 bridgehead atoms. The molecule has 0 saturated heterocycles. The molecule has 4 nitrogen and oxygen atoms in total. The summed E-state index contributed by atoms with van der Waals surface area (Å²) in [7, 11) is 0. The van der Waals surface area contributed by atoms with Crippen molar-refractivity contribution in [3.05, 3.63) is 81.0 Å². The number of quaternary nitrogens is 1. The highest BCUT2D eigenvalue weighted by molar-refractivity contribution is 7.11. The summed E-state index contributed by atoms with van der Waals surface area (Å²) in [6.45, 7) is 7.15. The number of nitrogens with two attached hydrogens (primary N) is 1. The topological polar surface area (TPSA) is 68.9 Å². The smallest absolute Gasteiger partial charge is 0.203 e. The van der Waals surface area contributed by atoms with Crippen molar-refractivity contribution >= 4 is 40.2 Å². The molecule has 168 valence electrons. The van der Waals surface area contributed by atoms with Crippen LogP contribution in [0.25, 0.3) is 22.2 Å². The zero-order chi connectivity index (χ0) is 23.2. The largest absolute Gasteiger partial charge is 0.763 e. The molecule has 0 radical (unpaired) electrons. The molecule has 2 aromatic carbocycles. The summed E-state index contributed by atoms with van der Waals surface area (Å²) in [4.78, 5) is 17.0. The fourth-order valence-electron chi connectivity index (χ4n) is 2.95. The van der Waals surface area contributed by atoms with E-state index in [-0.39, 0.29) is 5.57 Å². The summed E-state index contributed by atoms with van der Waals surface area (Å²) >= 11 is 7.32. The zero-order valence-corrected chi connectivity index (χ0v) is 20.3. The fraction of sp³-hybridized carbons (Fsp3) is 0.308. The Bertz CT molecular complexity index is 1020. The number of hydrogen-bond acceptors (Lipinski definition) is 3. The quantitative estimate of drug-likeness (QED) is 0.169. The van der Waals surface area contributed by atoms with Crippen molar-refractivity contribution in [3.8, 4) is 11.3 Å². The molecule has 3 aromatic rings.